The Hall–Kier alpha value is 0.350. The minimum absolute atomic E-state index is 0.366. The van der Waals surface area contributed by atoms with E-state index < -0.39 is 0 Å². The summed E-state index contributed by atoms with van der Waals surface area (Å²) >= 11 is 4.79. The third kappa shape index (κ3) is 2.18. The van der Waals surface area contributed by atoms with E-state index in [-0.39, 0.29) is 0 Å². The lowest BCUT2D eigenvalue weighted by Crippen LogP contribution is -2.33. The third-order valence-electron chi connectivity index (χ3n) is 3.67. The monoisotopic (exact) mass is 186 g/mol. The highest BCUT2D eigenvalue weighted by molar-refractivity contribution is 7.81. The molecule has 0 heterocycles. The molecule has 1 aliphatic rings. The van der Waals surface area contributed by atoms with Gasteiger partial charge in [0.25, 0.3) is 0 Å². The fourth-order valence-corrected chi connectivity index (χ4v) is 2.95. The van der Waals surface area contributed by atoms with Gasteiger partial charge in [0.1, 0.15) is 0 Å². The van der Waals surface area contributed by atoms with E-state index in [0.29, 0.717) is 4.75 Å². The fraction of sp³-hybridized carbons (Fsp3) is 1.00. The lowest BCUT2D eigenvalue weighted by atomic mass is 9.72. The average molecular weight is 186 g/mol. The highest BCUT2D eigenvalue weighted by Crippen LogP contribution is 2.43. The molecule has 1 heteroatoms. The van der Waals surface area contributed by atoms with Gasteiger partial charge in [0.15, 0.2) is 0 Å². The molecule has 1 fully saturated rings. The molecule has 0 spiro atoms. The molecule has 0 aromatic rings. The minimum Gasteiger partial charge on any atom is -0.173 e. The van der Waals surface area contributed by atoms with Crippen LogP contribution in [0.2, 0.25) is 0 Å². The standard InChI is InChI=1S/C11H22S/c1-4-10-6-7-11(12,5-2)8-9(10)3/h9-10,12H,4-8H2,1-3H3. The summed E-state index contributed by atoms with van der Waals surface area (Å²) in [6, 6.07) is 0. The summed E-state index contributed by atoms with van der Waals surface area (Å²) in [6.07, 6.45) is 6.64. The Morgan fingerprint density at radius 3 is 2.50 bits per heavy atom. The second-order valence-electron chi connectivity index (χ2n) is 4.47. The Bertz CT molecular complexity index is 144. The minimum atomic E-state index is 0.366. The van der Waals surface area contributed by atoms with E-state index in [1.54, 1.807) is 0 Å². The summed E-state index contributed by atoms with van der Waals surface area (Å²) in [5, 5.41) is 0. The number of hydrogen-bond acceptors (Lipinski definition) is 1. The second kappa shape index (κ2) is 4.04. The quantitative estimate of drug-likeness (QED) is 0.621. The van der Waals surface area contributed by atoms with Gasteiger partial charge in [-0.1, -0.05) is 27.2 Å². The Morgan fingerprint density at radius 2 is 2.08 bits per heavy atom. The van der Waals surface area contributed by atoms with Crippen LogP contribution >= 0.6 is 12.6 Å². The summed E-state index contributed by atoms with van der Waals surface area (Å²) < 4.78 is 0.366. The zero-order valence-corrected chi connectivity index (χ0v) is 9.53. The first kappa shape index (κ1) is 10.4. The smallest absolute Gasteiger partial charge is 0.0130 e. The highest BCUT2D eigenvalue weighted by Gasteiger charge is 2.34. The van der Waals surface area contributed by atoms with Gasteiger partial charge in [0, 0.05) is 4.75 Å². The highest BCUT2D eigenvalue weighted by atomic mass is 32.1. The van der Waals surface area contributed by atoms with E-state index in [4.69, 9.17) is 12.6 Å². The average Bonchev–Trinajstić information content (AvgIpc) is 2.05. The van der Waals surface area contributed by atoms with E-state index in [2.05, 4.69) is 20.8 Å². The molecule has 0 N–H and O–H groups in total. The van der Waals surface area contributed by atoms with Crippen molar-refractivity contribution in [1.82, 2.24) is 0 Å². The van der Waals surface area contributed by atoms with Gasteiger partial charge in [-0.2, -0.15) is 12.6 Å². The van der Waals surface area contributed by atoms with E-state index in [0.717, 1.165) is 11.8 Å². The molecule has 0 aromatic heterocycles. The predicted molar refractivity (Wildman–Crippen MR) is 58.8 cm³/mol. The van der Waals surface area contributed by atoms with Gasteiger partial charge in [0.05, 0.1) is 0 Å². The normalized spacial score (nSPS) is 43.0. The molecule has 72 valence electrons. The van der Waals surface area contributed by atoms with Crippen molar-refractivity contribution in [3.05, 3.63) is 0 Å². The molecule has 1 rings (SSSR count). The van der Waals surface area contributed by atoms with Gasteiger partial charge < -0.3 is 0 Å². The summed E-state index contributed by atoms with van der Waals surface area (Å²) in [4.78, 5) is 0. The van der Waals surface area contributed by atoms with Crippen LogP contribution in [0, 0.1) is 11.8 Å². The Labute approximate surface area is 82.5 Å². The molecule has 0 saturated heterocycles. The van der Waals surface area contributed by atoms with Gasteiger partial charge in [-0.3, -0.25) is 0 Å². The molecular formula is C11H22S. The van der Waals surface area contributed by atoms with Gasteiger partial charge in [-0.25, -0.2) is 0 Å². The first-order valence-corrected chi connectivity index (χ1v) is 5.78. The van der Waals surface area contributed by atoms with Gasteiger partial charge in [-0.05, 0) is 37.5 Å². The second-order valence-corrected chi connectivity index (χ2v) is 5.41. The van der Waals surface area contributed by atoms with E-state index in [1.807, 2.05) is 0 Å². The summed E-state index contributed by atoms with van der Waals surface area (Å²) in [6.45, 7) is 6.98. The molecule has 3 atom stereocenters. The number of hydrogen-bond donors (Lipinski definition) is 1. The van der Waals surface area contributed by atoms with Crippen LogP contribution in [0.25, 0.3) is 0 Å². The maximum absolute atomic E-state index is 4.79. The maximum atomic E-state index is 4.79. The van der Waals surface area contributed by atoms with Crippen LogP contribution in [-0.2, 0) is 0 Å². The lowest BCUT2D eigenvalue weighted by Gasteiger charge is -2.40. The van der Waals surface area contributed by atoms with Crippen LogP contribution in [0.5, 0.6) is 0 Å². The van der Waals surface area contributed by atoms with Crippen LogP contribution in [-0.4, -0.2) is 4.75 Å². The largest absolute Gasteiger partial charge is 0.173 e. The number of rotatable bonds is 2. The summed E-state index contributed by atoms with van der Waals surface area (Å²) in [7, 11) is 0. The van der Waals surface area contributed by atoms with Crippen molar-refractivity contribution < 1.29 is 0 Å². The third-order valence-corrected chi connectivity index (χ3v) is 4.39. The van der Waals surface area contributed by atoms with Crippen LogP contribution in [0.3, 0.4) is 0 Å². The fourth-order valence-electron chi connectivity index (χ4n) is 2.53. The molecule has 0 aliphatic heterocycles. The maximum Gasteiger partial charge on any atom is 0.0130 e. The first-order valence-electron chi connectivity index (χ1n) is 5.33. The summed E-state index contributed by atoms with van der Waals surface area (Å²) in [5.74, 6) is 1.86. The molecular weight excluding hydrogens is 164 g/mol. The Balaban J connectivity index is 2.51. The predicted octanol–water partition coefficient (Wildman–Crippen LogP) is 3.91. The van der Waals surface area contributed by atoms with Crippen LogP contribution < -0.4 is 0 Å². The molecule has 1 aliphatic carbocycles. The van der Waals surface area contributed by atoms with Crippen LogP contribution in [0.15, 0.2) is 0 Å². The first-order chi connectivity index (χ1) is 5.61. The van der Waals surface area contributed by atoms with Crippen molar-refractivity contribution in [2.75, 3.05) is 0 Å². The van der Waals surface area contributed by atoms with Gasteiger partial charge in [-0.15, -0.1) is 0 Å². The van der Waals surface area contributed by atoms with Crippen LogP contribution in [0.4, 0.5) is 0 Å². The molecule has 3 unspecified atom stereocenters. The molecule has 12 heavy (non-hydrogen) atoms. The molecule has 0 radical (unpaired) electrons. The van der Waals surface area contributed by atoms with Gasteiger partial charge >= 0.3 is 0 Å². The Morgan fingerprint density at radius 1 is 1.42 bits per heavy atom. The van der Waals surface area contributed by atoms with E-state index in [9.17, 15) is 0 Å². The SMILES string of the molecule is CCC1CCC(S)(CC)CC1C. The molecule has 1 saturated carbocycles. The molecule has 0 amide bonds. The molecule has 0 nitrogen and oxygen atoms in total. The van der Waals surface area contributed by atoms with Crippen molar-refractivity contribution in [2.45, 2.75) is 57.6 Å². The zero-order chi connectivity index (χ0) is 9.19. The van der Waals surface area contributed by atoms with Gasteiger partial charge in [0.2, 0.25) is 0 Å². The Kier molecular flexibility index (Phi) is 3.51. The topological polar surface area (TPSA) is 0 Å². The van der Waals surface area contributed by atoms with E-state index in [1.165, 1.54) is 32.1 Å². The van der Waals surface area contributed by atoms with E-state index >= 15 is 0 Å². The van der Waals surface area contributed by atoms with Crippen molar-refractivity contribution in [3.63, 3.8) is 0 Å². The molecule has 0 aromatic carbocycles. The van der Waals surface area contributed by atoms with Crippen molar-refractivity contribution >= 4 is 12.6 Å². The lowest BCUT2D eigenvalue weighted by molar-refractivity contribution is 0.207. The number of thiol groups is 1. The summed E-state index contributed by atoms with van der Waals surface area (Å²) in [5.41, 5.74) is 0. The van der Waals surface area contributed by atoms with Crippen LogP contribution in [0.1, 0.15) is 52.9 Å². The zero-order valence-electron chi connectivity index (χ0n) is 8.64. The van der Waals surface area contributed by atoms with Crippen molar-refractivity contribution in [3.8, 4) is 0 Å². The van der Waals surface area contributed by atoms with Crippen molar-refractivity contribution in [1.29, 1.82) is 0 Å². The molecule has 0 bridgehead atoms. The van der Waals surface area contributed by atoms with Crippen molar-refractivity contribution in [2.24, 2.45) is 11.8 Å².